The van der Waals surface area contributed by atoms with Crippen LogP contribution in [0, 0.1) is 0 Å². The lowest BCUT2D eigenvalue weighted by molar-refractivity contribution is 0.310. The molecule has 0 saturated carbocycles. The number of rotatable bonds is 10. The van der Waals surface area contributed by atoms with Gasteiger partial charge >= 0.3 is 0 Å². The van der Waals surface area contributed by atoms with Crippen molar-refractivity contribution in [3.8, 4) is 23.0 Å². The lowest BCUT2D eigenvalue weighted by Gasteiger charge is -2.10. The lowest BCUT2D eigenvalue weighted by atomic mass is 10.2. The fourth-order valence-corrected chi connectivity index (χ4v) is 2.36. The minimum Gasteiger partial charge on any atom is -0.497 e. The number of benzene rings is 2. The molecule has 0 atom stereocenters. The number of nitrogens with one attached hydrogen (secondary N) is 1. The van der Waals surface area contributed by atoms with Crippen molar-refractivity contribution in [2.45, 2.75) is 13.0 Å². The van der Waals surface area contributed by atoms with Gasteiger partial charge in [0.05, 0.1) is 34.5 Å². The topological polar surface area (TPSA) is 87.3 Å². The Kier molecular flexibility index (Phi) is 10.9. The third-order valence-electron chi connectivity index (χ3n) is 3.84. The maximum absolute atomic E-state index is 5.90. The normalized spacial score (nSPS) is 10.6. The Morgan fingerprint density at radius 3 is 2.25 bits per heavy atom. The minimum atomic E-state index is 0. The molecule has 0 aliphatic carbocycles. The molecule has 2 aromatic carbocycles. The Bertz CT molecular complexity index is 739. The molecule has 154 valence electrons. The summed E-state index contributed by atoms with van der Waals surface area (Å²) in [6, 6.07) is 13.2. The highest BCUT2D eigenvalue weighted by Gasteiger charge is 2.04. The average Bonchev–Trinajstić information content (AvgIpc) is 2.72. The number of hydrogen-bond donors (Lipinski definition) is 2. The molecule has 0 unspecified atom stereocenters. The zero-order valence-corrected chi connectivity index (χ0v) is 18.8. The summed E-state index contributed by atoms with van der Waals surface area (Å²) in [7, 11) is 4.85. The monoisotopic (exact) mass is 501 g/mol. The third kappa shape index (κ3) is 7.71. The molecule has 0 radical (unpaired) electrons. The molecule has 2 aromatic rings. The van der Waals surface area contributed by atoms with Gasteiger partial charge < -0.3 is 30.0 Å². The zero-order valence-electron chi connectivity index (χ0n) is 16.4. The Balaban J connectivity index is 0.00000392. The van der Waals surface area contributed by atoms with Gasteiger partial charge in [0.15, 0.2) is 17.5 Å². The van der Waals surface area contributed by atoms with E-state index in [1.807, 2.05) is 42.5 Å². The van der Waals surface area contributed by atoms with Gasteiger partial charge in [-0.2, -0.15) is 0 Å². The molecule has 0 fully saturated rings. The molecular weight excluding hydrogens is 473 g/mol. The van der Waals surface area contributed by atoms with Crippen molar-refractivity contribution in [3.63, 3.8) is 0 Å². The fourth-order valence-electron chi connectivity index (χ4n) is 2.36. The summed E-state index contributed by atoms with van der Waals surface area (Å²) in [5.74, 6) is 3.38. The van der Waals surface area contributed by atoms with Crippen LogP contribution in [0.5, 0.6) is 23.0 Å². The molecule has 0 heterocycles. The standard InChI is InChI=1S/C20H27N3O4.HI/c1-24-16-6-8-17(9-7-16)27-12-4-11-22-20(21)23-14-15-5-10-18(25-2)19(13-15)26-3;/h5-10,13H,4,11-12,14H2,1-3H3,(H3,21,22,23);1H. The van der Waals surface area contributed by atoms with Crippen LogP contribution < -0.4 is 30.0 Å². The van der Waals surface area contributed by atoms with E-state index >= 15 is 0 Å². The second-order valence-electron chi connectivity index (χ2n) is 5.70. The Morgan fingerprint density at radius 1 is 0.929 bits per heavy atom. The molecule has 28 heavy (non-hydrogen) atoms. The van der Waals surface area contributed by atoms with Gasteiger partial charge in [-0.05, 0) is 48.4 Å². The number of nitrogens with zero attached hydrogens (tertiary/aromatic N) is 1. The quantitative estimate of drug-likeness (QED) is 0.225. The van der Waals surface area contributed by atoms with E-state index in [1.165, 1.54) is 0 Å². The van der Waals surface area contributed by atoms with E-state index < -0.39 is 0 Å². The van der Waals surface area contributed by atoms with Gasteiger partial charge in [0.25, 0.3) is 0 Å². The highest BCUT2D eigenvalue weighted by Crippen LogP contribution is 2.27. The van der Waals surface area contributed by atoms with E-state index in [2.05, 4.69) is 10.3 Å². The second-order valence-corrected chi connectivity index (χ2v) is 5.70. The van der Waals surface area contributed by atoms with Crippen molar-refractivity contribution >= 4 is 29.9 Å². The van der Waals surface area contributed by atoms with Gasteiger partial charge in [-0.15, -0.1) is 24.0 Å². The number of hydrogen-bond acceptors (Lipinski definition) is 5. The van der Waals surface area contributed by atoms with Gasteiger partial charge in [-0.3, -0.25) is 0 Å². The van der Waals surface area contributed by atoms with Crippen LogP contribution in [-0.2, 0) is 6.54 Å². The zero-order chi connectivity index (χ0) is 19.5. The predicted octanol–water partition coefficient (Wildman–Crippen LogP) is 3.20. The van der Waals surface area contributed by atoms with E-state index in [1.54, 1.807) is 21.3 Å². The molecule has 0 bridgehead atoms. The van der Waals surface area contributed by atoms with Crippen LogP contribution in [0.4, 0.5) is 0 Å². The Hall–Kier alpha value is -2.36. The van der Waals surface area contributed by atoms with Crippen LogP contribution in [0.3, 0.4) is 0 Å². The van der Waals surface area contributed by atoms with E-state index in [4.69, 9.17) is 24.7 Å². The summed E-state index contributed by atoms with van der Waals surface area (Å²) < 4.78 is 21.3. The average molecular weight is 501 g/mol. The Labute approximate surface area is 183 Å². The highest BCUT2D eigenvalue weighted by molar-refractivity contribution is 14.0. The van der Waals surface area contributed by atoms with Crippen molar-refractivity contribution in [3.05, 3.63) is 48.0 Å². The number of ether oxygens (including phenoxy) is 4. The summed E-state index contributed by atoms with van der Waals surface area (Å²) in [5, 5.41) is 3.08. The van der Waals surface area contributed by atoms with Crippen LogP contribution in [0.1, 0.15) is 12.0 Å². The van der Waals surface area contributed by atoms with Gasteiger partial charge in [0, 0.05) is 6.54 Å². The first-order chi connectivity index (χ1) is 13.2. The van der Waals surface area contributed by atoms with Gasteiger partial charge in [0.1, 0.15) is 11.5 Å². The molecule has 0 aliphatic rings. The maximum atomic E-state index is 5.90. The molecule has 2 rings (SSSR count). The molecule has 7 nitrogen and oxygen atoms in total. The molecule has 0 aliphatic heterocycles. The molecular formula is C20H28IN3O4. The van der Waals surface area contributed by atoms with E-state index in [0.29, 0.717) is 37.2 Å². The van der Waals surface area contributed by atoms with E-state index in [9.17, 15) is 0 Å². The number of methoxy groups -OCH3 is 3. The van der Waals surface area contributed by atoms with Crippen LogP contribution >= 0.6 is 24.0 Å². The van der Waals surface area contributed by atoms with Gasteiger partial charge in [-0.1, -0.05) is 6.07 Å². The number of guanidine groups is 1. The van der Waals surface area contributed by atoms with Crippen LogP contribution in [0.15, 0.2) is 47.5 Å². The summed E-state index contributed by atoms with van der Waals surface area (Å²) in [4.78, 5) is 4.33. The fraction of sp³-hybridized carbons (Fsp3) is 0.350. The van der Waals surface area contributed by atoms with Crippen molar-refractivity contribution in [1.29, 1.82) is 0 Å². The summed E-state index contributed by atoms with van der Waals surface area (Å²) in [6.07, 6.45) is 0.804. The highest BCUT2D eigenvalue weighted by atomic mass is 127. The summed E-state index contributed by atoms with van der Waals surface area (Å²) in [5.41, 5.74) is 6.89. The molecule has 0 saturated heterocycles. The lowest BCUT2D eigenvalue weighted by Crippen LogP contribution is -2.33. The van der Waals surface area contributed by atoms with Crippen LogP contribution in [0.2, 0.25) is 0 Å². The van der Waals surface area contributed by atoms with Crippen molar-refractivity contribution in [1.82, 2.24) is 5.32 Å². The minimum absolute atomic E-state index is 0. The molecule has 3 N–H and O–H groups in total. The largest absolute Gasteiger partial charge is 0.497 e. The van der Waals surface area contributed by atoms with Crippen LogP contribution in [-0.4, -0.2) is 40.4 Å². The molecule has 0 aromatic heterocycles. The smallest absolute Gasteiger partial charge is 0.188 e. The SMILES string of the molecule is COc1ccc(OCCCNC(N)=NCc2ccc(OC)c(OC)c2)cc1.I. The van der Waals surface area contributed by atoms with Gasteiger partial charge in [0.2, 0.25) is 0 Å². The number of nitrogens with two attached hydrogens (primary N) is 1. The first-order valence-corrected chi connectivity index (χ1v) is 8.67. The Morgan fingerprint density at radius 2 is 1.61 bits per heavy atom. The number of halogens is 1. The van der Waals surface area contributed by atoms with Crippen molar-refractivity contribution in [2.75, 3.05) is 34.5 Å². The van der Waals surface area contributed by atoms with Crippen molar-refractivity contribution in [2.24, 2.45) is 10.7 Å². The van der Waals surface area contributed by atoms with Gasteiger partial charge in [-0.25, -0.2) is 4.99 Å². The van der Waals surface area contributed by atoms with Crippen molar-refractivity contribution < 1.29 is 18.9 Å². The van der Waals surface area contributed by atoms with E-state index in [-0.39, 0.29) is 24.0 Å². The second kappa shape index (κ2) is 12.9. The number of aliphatic imine (C=N–C) groups is 1. The summed E-state index contributed by atoms with van der Waals surface area (Å²) in [6.45, 7) is 1.72. The summed E-state index contributed by atoms with van der Waals surface area (Å²) >= 11 is 0. The third-order valence-corrected chi connectivity index (χ3v) is 3.84. The first-order valence-electron chi connectivity index (χ1n) is 8.67. The first kappa shape index (κ1) is 23.7. The molecule has 0 spiro atoms. The molecule has 8 heteroatoms. The molecule has 0 amide bonds. The predicted molar refractivity (Wildman–Crippen MR) is 121 cm³/mol. The van der Waals surface area contributed by atoms with E-state index in [0.717, 1.165) is 23.5 Å². The van der Waals surface area contributed by atoms with Crippen LogP contribution in [0.25, 0.3) is 0 Å². The maximum Gasteiger partial charge on any atom is 0.188 e.